The molecule has 35 heavy (non-hydrogen) atoms. The molecular formula is C25H42O10. The second-order valence-corrected chi connectivity index (χ2v) is 9.78. The first-order valence-electron chi connectivity index (χ1n) is 12.2. The van der Waals surface area contributed by atoms with E-state index in [1.165, 1.54) is 27.9 Å². The predicted octanol–water partition coefficient (Wildman–Crippen LogP) is 1.89. The number of rotatable bonds is 11. The molecule has 0 spiro atoms. The van der Waals surface area contributed by atoms with Crippen LogP contribution in [0.3, 0.4) is 0 Å². The lowest BCUT2D eigenvalue weighted by atomic mass is 9.76. The molecule has 0 aliphatic heterocycles. The summed E-state index contributed by atoms with van der Waals surface area (Å²) in [7, 11) is 4.74. The van der Waals surface area contributed by atoms with Gasteiger partial charge in [-0.2, -0.15) is 0 Å². The van der Waals surface area contributed by atoms with Crippen LogP contribution in [0.15, 0.2) is 0 Å². The molecule has 2 fully saturated rings. The number of esters is 3. The second-order valence-electron chi connectivity index (χ2n) is 9.78. The lowest BCUT2D eigenvalue weighted by molar-refractivity contribution is -0.193. The van der Waals surface area contributed by atoms with Gasteiger partial charge in [-0.1, -0.05) is 6.92 Å². The second kappa shape index (κ2) is 13.0. The van der Waals surface area contributed by atoms with Crippen molar-refractivity contribution in [1.29, 1.82) is 0 Å². The summed E-state index contributed by atoms with van der Waals surface area (Å²) in [6, 6.07) is 0. The molecule has 2 saturated carbocycles. The van der Waals surface area contributed by atoms with Crippen LogP contribution in [-0.2, 0) is 42.8 Å². The Balaban J connectivity index is 2.53. The van der Waals surface area contributed by atoms with Crippen LogP contribution in [0.1, 0.15) is 53.4 Å². The molecule has 0 heterocycles. The lowest BCUT2D eigenvalue weighted by Gasteiger charge is -2.39. The summed E-state index contributed by atoms with van der Waals surface area (Å²) in [5.41, 5.74) is -1.58. The first-order valence-corrected chi connectivity index (χ1v) is 12.2. The molecule has 0 radical (unpaired) electrons. The summed E-state index contributed by atoms with van der Waals surface area (Å²) < 4.78 is 33.5. The van der Waals surface area contributed by atoms with Gasteiger partial charge in [0.1, 0.15) is 17.8 Å². The first kappa shape index (κ1) is 29.5. The van der Waals surface area contributed by atoms with E-state index in [1.807, 2.05) is 0 Å². The fraction of sp³-hybridized carbons (Fsp3) is 0.880. The Morgan fingerprint density at radius 1 is 0.971 bits per heavy atom. The molecule has 0 aromatic heterocycles. The van der Waals surface area contributed by atoms with Gasteiger partial charge in [0.2, 0.25) is 0 Å². The summed E-state index contributed by atoms with van der Waals surface area (Å²) in [4.78, 5) is 35.6. The SMILES string of the molecule is COCC[C@@H]1C(C)[C@@H]2C[C@](O)([C@H](CCOC(C)=O)OC)[C@H](OC(C)=O)[C@@H]2[C@@H](OC(C)=O)C[C@@H]1OC. The zero-order valence-corrected chi connectivity index (χ0v) is 22.0. The van der Waals surface area contributed by atoms with Crippen LogP contribution in [0.4, 0.5) is 0 Å². The molecule has 1 N–H and O–H groups in total. The highest BCUT2D eigenvalue weighted by atomic mass is 16.6. The van der Waals surface area contributed by atoms with E-state index < -0.39 is 47.7 Å². The molecular weight excluding hydrogens is 460 g/mol. The van der Waals surface area contributed by atoms with E-state index in [4.69, 9.17) is 28.4 Å². The van der Waals surface area contributed by atoms with Crippen molar-refractivity contribution in [2.24, 2.45) is 23.7 Å². The number of hydrogen-bond acceptors (Lipinski definition) is 10. The highest BCUT2D eigenvalue weighted by Gasteiger charge is 2.64. The van der Waals surface area contributed by atoms with Crippen molar-refractivity contribution in [3.05, 3.63) is 0 Å². The third-order valence-electron chi connectivity index (χ3n) is 7.72. The van der Waals surface area contributed by atoms with Gasteiger partial charge in [0.25, 0.3) is 0 Å². The van der Waals surface area contributed by atoms with Crippen LogP contribution in [0.5, 0.6) is 0 Å². The third kappa shape index (κ3) is 6.93. The molecule has 10 heteroatoms. The van der Waals surface area contributed by atoms with E-state index in [0.29, 0.717) is 13.0 Å². The summed E-state index contributed by atoms with van der Waals surface area (Å²) >= 11 is 0. The van der Waals surface area contributed by atoms with Gasteiger partial charge in [-0.25, -0.2) is 0 Å². The Morgan fingerprint density at radius 3 is 2.14 bits per heavy atom. The molecule has 0 aromatic carbocycles. The number of fused-ring (bicyclic) bond motifs is 1. The normalized spacial score (nSPS) is 35.5. The topological polar surface area (TPSA) is 127 Å². The zero-order chi connectivity index (χ0) is 26.3. The highest BCUT2D eigenvalue weighted by Crippen LogP contribution is 2.54. The van der Waals surface area contributed by atoms with E-state index in [2.05, 4.69) is 6.92 Å². The smallest absolute Gasteiger partial charge is 0.303 e. The molecule has 1 unspecified atom stereocenters. The Labute approximate surface area is 207 Å². The number of aliphatic hydroxyl groups is 1. The maximum atomic E-state index is 12.2. The van der Waals surface area contributed by atoms with Gasteiger partial charge in [0.05, 0.1) is 18.8 Å². The van der Waals surface area contributed by atoms with Crippen molar-refractivity contribution in [2.75, 3.05) is 34.5 Å². The van der Waals surface area contributed by atoms with Crippen molar-refractivity contribution in [1.82, 2.24) is 0 Å². The van der Waals surface area contributed by atoms with Crippen molar-refractivity contribution >= 4 is 17.9 Å². The fourth-order valence-corrected chi connectivity index (χ4v) is 6.28. The van der Waals surface area contributed by atoms with Crippen molar-refractivity contribution in [3.8, 4) is 0 Å². The minimum atomic E-state index is -1.58. The van der Waals surface area contributed by atoms with Crippen molar-refractivity contribution in [3.63, 3.8) is 0 Å². The van der Waals surface area contributed by atoms with Gasteiger partial charge in [0.15, 0.2) is 0 Å². The number of hydrogen-bond donors (Lipinski definition) is 1. The summed E-state index contributed by atoms with van der Waals surface area (Å²) in [5.74, 6) is -1.99. The third-order valence-corrected chi connectivity index (χ3v) is 7.72. The molecule has 0 bridgehead atoms. The van der Waals surface area contributed by atoms with Gasteiger partial charge >= 0.3 is 17.9 Å². The Morgan fingerprint density at radius 2 is 1.63 bits per heavy atom. The molecule has 0 saturated heterocycles. The monoisotopic (exact) mass is 502 g/mol. The van der Waals surface area contributed by atoms with Gasteiger partial charge in [-0.3, -0.25) is 14.4 Å². The van der Waals surface area contributed by atoms with Crippen LogP contribution >= 0.6 is 0 Å². The van der Waals surface area contributed by atoms with Crippen LogP contribution < -0.4 is 0 Å². The van der Waals surface area contributed by atoms with Crippen LogP contribution in [0.25, 0.3) is 0 Å². The zero-order valence-electron chi connectivity index (χ0n) is 22.0. The minimum Gasteiger partial charge on any atom is -0.466 e. The molecule has 10 nitrogen and oxygen atoms in total. The van der Waals surface area contributed by atoms with Crippen LogP contribution in [0.2, 0.25) is 0 Å². The standard InChI is InChI=1S/C25H42O10/c1-14-18(8-10-30-5)20(31-6)12-21(34-16(3)27)23-19(14)13-25(29,24(23)35-17(4)28)22(32-7)9-11-33-15(2)26/h14,18-24,29H,8-13H2,1-7H3/t14?,18-,19+,20+,21+,22+,23+,24-,25+/m1/s1. The number of carbonyl (C=O) groups excluding carboxylic acids is 3. The molecule has 2 aliphatic rings. The largest absolute Gasteiger partial charge is 0.466 e. The van der Waals surface area contributed by atoms with E-state index >= 15 is 0 Å². The Kier molecular flexibility index (Phi) is 10.9. The van der Waals surface area contributed by atoms with E-state index in [9.17, 15) is 19.5 Å². The van der Waals surface area contributed by atoms with Gasteiger partial charge in [0, 0.05) is 67.5 Å². The van der Waals surface area contributed by atoms with Gasteiger partial charge in [-0.15, -0.1) is 0 Å². The summed E-state index contributed by atoms with van der Waals surface area (Å²) in [6.45, 7) is 6.61. The van der Waals surface area contributed by atoms with Crippen molar-refractivity contribution < 1.29 is 47.9 Å². The predicted molar refractivity (Wildman–Crippen MR) is 124 cm³/mol. The molecule has 2 rings (SSSR count). The lowest BCUT2D eigenvalue weighted by Crippen LogP contribution is -2.55. The summed E-state index contributed by atoms with van der Waals surface area (Å²) in [6.07, 6.45) is -1.02. The Hall–Kier alpha value is -1.75. The number of methoxy groups -OCH3 is 3. The van der Waals surface area contributed by atoms with E-state index in [0.717, 1.165) is 6.42 Å². The number of ether oxygens (including phenoxy) is 6. The Bertz CT molecular complexity index is 727. The number of carbonyl (C=O) groups is 3. The average Bonchev–Trinajstić information content (AvgIpc) is 3.01. The van der Waals surface area contributed by atoms with Crippen molar-refractivity contribution in [2.45, 2.75) is 83.4 Å². The van der Waals surface area contributed by atoms with Crippen LogP contribution in [0, 0.1) is 23.7 Å². The molecule has 9 atom stereocenters. The van der Waals surface area contributed by atoms with Gasteiger partial charge in [-0.05, 0) is 30.6 Å². The summed E-state index contributed by atoms with van der Waals surface area (Å²) in [5, 5.41) is 12.1. The molecule has 0 aromatic rings. The van der Waals surface area contributed by atoms with E-state index in [1.54, 1.807) is 14.2 Å². The maximum Gasteiger partial charge on any atom is 0.303 e. The first-order chi connectivity index (χ1) is 16.5. The average molecular weight is 503 g/mol. The molecule has 2 aliphatic carbocycles. The van der Waals surface area contributed by atoms with Gasteiger partial charge < -0.3 is 33.5 Å². The highest BCUT2D eigenvalue weighted by molar-refractivity contribution is 5.67. The minimum absolute atomic E-state index is 0.0266. The fourth-order valence-electron chi connectivity index (χ4n) is 6.28. The quantitative estimate of drug-likeness (QED) is 0.330. The maximum absolute atomic E-state index is 12.2. The van der Waals surface area contributed by atoms with Crippen LogP contribution in [-0.4, -0.2) is 87.6 Å². The molecule has 202 valence electrons. The molecule has 0 amide bonds. The van der Waals surface area contributed by atoms with E-state index in [-0.39, 0.29) is 43.3 Å².